The minimum atomic E-state index is 0.750. The molecule has 3 nitrogen and oxygen atoms in total. The van der Waals surface area contributed by atoms with Crippen molar-refractivity contribution in [1.82, 2.24) is 4.98 Å². The van der Waals surface area contributed by atoms with Crippen LogP contribution >= 0.6 is 11.3 Å². The highest BCUT2D eigenvalue weighted by molar-refractivity contribution is 7.12. The highest BCUT2D eigenvalue weighted by Gasteiger charge is 2.13. The van der Waals surface area contributed by atoms with E-state index in [4.69, 9.17) is 14.5 Å². The third kappa shape index (κ3) is 3.17. The fraction of sp³-hybridized carbons (Fsp3) is 0.389. The molecule has 0 radical (unpaired) electrons. The van der Waals surface area contributed by atoms with Gasteiger partial charge in [0.25, 0.3) is 0 Å². The molecule has 22 heavy (non-hydrogen) atoms. The highest BCUT2D eigenvalue weighted by atomic mass is 32.1. The molecule has 1 aromatic carbocycles. The van der Waals surface area contributed by atoms with Gasteiger partial charge in [-0.15, -0.1) is 11.3 Å². The van der Waals surface area contributed by atoms with E-state index in [9.17, 15) is 0 Å². The van der Waals surface area contributed by atoms with Gasteiger partial charge in [0.15, 0.2) is 11.5 Å². The number of fused-ring (bicyclic) bond motifs is 1. The highest BCUT2D eigenvalue weighted by Crippen LogP contribution is 2.32. The molecule has 1 aliphatic carbocycles. The predicted octanol–water partition coefficient (Wildman–Crippen LogP) is 4.60. The molecule has 3 rings (SSSR count). The smallest absolute Gasteiger partial charge is 0.167 e. The average Bonchev–Trinajstić information content (AvgIpc) is 2.81. The monoisotopic (exact) mass is 315 g/mol. The summed E-state index contributed by atoms with van der Waals surface area (Å²) in [5, 5.41) is 1.08. The van der Waals surface area contributed by atoms with Crippen LogP contribution in [0.4, 0.5) is 0 Å². The fourth-order valence-electron chi connectivity index (χ4n) is 2.82. The number of para-hydroxylation sites is 1. The standard InChI is InChI=1S/C18H21NO2S/c1-20-15-9-6-7-13(18(15)21-2)11-12-17-19-14-8-4-3-5-10-16(14)22-17/h6-7,9,11-12H,3-5,8,10H2,1-2H3/b12-11+. The molecule has 1 aromatic heterocycles. The number of methoxy groups -OCH3 is 2. The lowest BCUT2D eigenvalue weighted by Gasteiger charge is -2.09. The first-order valence-electron chi connectivity index (χ1n) is 7.69. The van der Waals surface area contributed by atoms with Crippen molar-refractivity contribution < 1.29 is 9.47 Å². The van der Waals surface area contributed by atoms with Crippen molar-refractivity contribution in [2.24, 2.45) is 0 Å². The Morgan fingerprint density at radius 2 is 1.91 bits per heavy atom. The maximum atomic E-state index is 5.46. The Labute approximate surface area is 135 Å². The third-order valence-corrected chi connectivity index (χ3v) is 5.07. The van der Waals surface area contributed by atoms with Gasteiger partial charge in [-0.25, -0.2) is 4.98 Å². The van der Waals surface area contributed by atoms with Gasteiger partial charge in [-0.2, -0.15) is 0 Å². The van der Waals surface area contributed by atoms with Gasteiger partial charge in [-0.3, -0.25) is 0 Å². The molecule has 1 heterocycles. The first-order valence-corrected chi connectivity index (χ1v) is 8.51. The summed E-state index contributed by atoms with van der Waals surface area (Å²) >= 11 is 1.82. The SMILES string of the molecule is COc1cccc(/C=C/c2nc3c(s2)CCCCC3)c1OC. The van der Waals surface area contributed by atoms with E-state index in [1.54, 1.807) is 14.2 Å². The summed E-state index contributed by atoms with van der Waals surface area (Å²) in [6.07, 6.45) is 10.3. The zero-order valence-electron chi connectivity index (χ0n) is 13.1. The van der Waals surface area contributed by atoms with Crippen molar-refractivity contribution in [3.63, 3.8) is 0 Å². The maximum Gasteiger partial charge on any atom is 0.167 e. The van der Waals surface area contributed by atoms with Crippen LogP contribution in [0.5, 0.6) is 11.5 Å². The van der Waals surface area contributed by atoms with Crippen LogP contribution in [0, 0.1) is 0 Å². The predicted molar refractivity (Wildman–Crippen MR) is 91.8 cm³/mol. The van der Waals surface area contributed by atoms with Crippen molar-refractivity contribution >= 4 is 23.5 Å². The molecule has 0 saturated carbocycles. The van der Waals surface area contributed by atoms with Crippen LogP contribution in [0.3, 0.4) is 0 Å². The summed E-state index contributed by atoms with van der Waals surface area (Å²) in [5.41, 5.74) is 2.31. The topological polar surface area (TPSA) is 31.4 Å². The van der Waals surface area contributed by atoms with E-state index in [2.05, 4.69) is 12.2 Å². The van der Waals surface area contributed by atoms with E-state index in [-0.39, 0.29) is 0 Å². The summed E-state index contributed by atoms with van der Waals surface area (Å²) in [4.78, 5) is 6.25. The van der Waals surface area contributed by atoms with Crippen LogP contribution in [0.1, 0.15) is 40.4 Å². The van der Waals surface area contributed by atoms with Crippen molar-refractivity contribution in [2.45, 2.75) is 32.1 Å². The van der Waals surface area contributed by atoms with E-state index in [0.717, 1.165) is 28.5 Å². The summed E-state index contributed by atoms with van der Waals surface area (Å²) in [7, 11) is 3.32. The van der Waals surface area contributed by atoms with Gasteiger partial charge in [-0.05, 0) is 43.9 Å². The second-order valence-corrected chi connectivity index (χ2v) is 6.51. The number of nitrogens with zero attached hydrogens (tertiary/aromatic N) is 1. The lowest BCUT2D eigenvalue weighted by atomic mass is 10.1. The molecule has 116 valence electrons. The Kier molecular flexibility index (Phi) is 4.78. The van der Waals surface area contributed by atoms with Crippen LogP contribution in [0.2, 0.25) is 0 Å². The van der Waals surface area contributed by atoms with Crippen LogP contribution in [0.25, 0.3) is 12.2 Å². The van der Waals surface area contributed by atoms with Crippen LogP contribution < -0.4 is 9.47 Å². The van der Waals surface area contributed by atoms with E-state index >= 15 is 0 Å². The van der Waals surface area contributed by atoms with Crippen LogP contribution in [-0.4, -0.2) is 19.2 Å². The third-order valence-electron chi connectivity index (χ3n) is 3.95. The molecule has 0 unspecified atom stereocenters. The number of ether oxygens (including phenoxy) is 2. The number of hydrogen-bond acceptors (Lipinski definition) is 4. The largest absolute Gasteiger partial charge is 0.493 e. The maximum absolute atomic E-state index is 5.46. The first kappa shape index (κ1) is 15.1. The van der Waals surface area contributed by atoms with Crippen LogP contribution in [0.15, 0.2) is 18.2 Å². The van der Waals surface area contributed by atoms with Gasteiger partial charge in [0, 0.05) is 10.4 Å². The quantitative estimate of drug-likeness (QED) is 0.773. The summed E-state index contributed by atoms with van der Waals surface area (Å²) in [6.45, 7) is 0. The first-order chi connectivity index (χ1) is 10.8. The molecule has 0 N–H and O–H groups in total. The molecule has 1 aliphatic rings. The van der Waals surface area contributed by atoms with E-state index < -0.39 is 0 Å². The molecule has 0 amide bonds. The Morgan fingerprint density at radius 1 is 1.05 bits per heavy atom. The van der Waals surface area contributed by atoms with Gasteiger partial charge in [0.05, 0.1) is 19.9 Å². The van der Waals surface area contributed by atoms with E-state index in [1.165, 1.54) is 36.3 Å². The lowest BCUT2D eigenvalue weighted by Crippen LogP contribution is -1.92. The van der Waals surface area contributed by atoms with Gasteiger partial charge in [-0.1, -0.05) is 18.6 Å². The molecule has 0 fully saturated rings. The molecule has 0 bridgehead atoms. The minimum Gasteiger partial charge on any atom is -0.493 e. The van der Waals surface area contributed by atoms with Crippen molar-refractivity contribution in [1.29, 1.82) is 0 Å². The van der Waals surface area contributed by atoms with Gasteiger partial charge < -0.3 is 9.47 Å². The molecule has 0 atom stereocenters. The van der Waals surface area contributed by atoms with Crippen molar-refractivity contribution in [3.8, 4) is 11.5 Å². The molecule has 0 saturated heterocycles. The zero-order valence-corrected chi connectivity index (χ0v) is 13.9. The molecule has 0 aliphatic heterocycles. The molecule has 4 heteroatoms. The Balaban J connectivity index is 1.85. The van der Waals surface area contributed by atoms with Crippen LogP contribution in [-0.2, 0) is 12.8 Å². The Morgan fingerprint density at radius 3 is 2.73 bits per heavy atom. The summed E-state index contributed by atoms with van der Waals surface area (Å²) < 4.78 is 10.8. The molecular weight excluding hydrogens is 294 g/mol. The number of rotatable bonds is 4. The number of benzene rings is 1. The van der Waals surface area contributed by atoms with Gasteiger partial charge in [0.1, 0.15) is 5.01 Å². The number of aromatic nitrogens is 1. The summed E-state index contributed by atoms with van der Waals surface area (Å²) in [5.74, 6) is 1.51. The molecule has 2 aromatic rings. The van der Waals surface area contributed by atoms with E-state index in [1.807, 2.05) is 29.5 Å². The van der Waals surface area contributed by atoms with Crippen molar-refractivity contribution in [2.75, 3.05) is 14.2 Å². The Bertz CT molecular complexity index is 652. The molecule has 0 spiro atoms. The number of aryl methyl sites for hydroxylation is 2. The summed E-state index contributed by atoms with van der Waals surface area (Å²) in [6, 6.07) is 5.90. The molecular formula is C18H21NO2S. The van der Waals surface area contributed by atoms with Gasteiger partial charge in [0.2, 0.25) is 0 Å². The van der Waals surface area contributed by atoms with Gasteiger partial charge >= 0.3 is 0 Å². The second kappa shape index (κ2) is 6.97. The van der Waals surface area contributed by atoms with Crippen molar-refractivity contribution in [3.05, 3.63) is 39.3 Å². The normalized spacial score (nSPS) is 14.6. The fourth-order valence-corrected chi connectivity index (χ4v) is 3.88. The second-order valence-electron chi connectivity index (χ2n) is 5.40. The lowest BCUT2D eigenvalue weighted by molar-refractivity contribution is 0.354. The average molecular weight is 315 g/mol. The zero-order chi connectivity index (χ0) is 15.4. The minimum absolute atomic E-state index is 0.750. The number of hydrogen-bond donors (Lipinski definition) is 0. The van der Waals surface area contributed by atoms with E-state index in [0.29, 0.717) is 0 Å². The number of thiazole rings is 1. The Hall–Kier alpha value is -1.81.